The molecule has 0 aromatic carbocycles. The van der Waals surface area contributed by atoms with E-state index in [1.165, 1.54) is 19.3 Å². The third-order valence-electron chi connectivity index (χ3n) is 6.24. The van der Waals surface area contributed by atoms with Gasteiger partial charge >= 0.3 is 11.9 Å². The van der Waals surface area contributed by atoms with Gasteiger partial charge in [0.1, 0.15) is 31.0 Å². The Morgan fingerprint density at radius 1 is 0.750 bits per heavy atom. The summed E-state index contributed by atoms with van der Waals surface area (Å²) >= 11 is 0. The van der Waals surface area contributed by atoms with Gasteiger partial charge in [-0.1, -0.05) is 71.6 Å². The van der Waals surface area contributed by atoms with Crippen LogP contribution in [0, 0.1) is 0 Å². The molecule has 1 saturated heterocycles. The van der Waals surface area contributed by atoms with Gasteiger partial charge < -0.3 is 39.4 Å². The predicted octanol–water partition coefficient (Wildman–Crippen LogP) is 2.37. The molecule has 36 heavy (non-hydrogen) atoms. The number of hydrogen-bond donors (Lipinski definition) is 4. The number of unbranched alkanes of at least 4 members (excludes halogenated alkanes) is 9. The van der Waals surface area contributed by atoms with Gasteiger partial charge in [-0.15, -0.1) is 0 Å². The maximum atomic E-state index is 12.4. The molecule has 1 rings (SSSR count). The fourth-order valence-corrected chi connectivity index (χ4v) is 3.95. The standard InChI is InChI=1S/C26H48O10/c1-3-5-7-9-10-11-13-15-22(29)35-19(17-33-21(28)14-12-8-6-4-2)18-34-26-25(32)24(31)23(30)20(16-27)36-26/h19-20,23-27,30-32H,3-18H2,1-2H3. The topological polar surface area (TPSA) is 152 Å². The molecule has 0 saturated carbocycles. The average Bonchev–Trinajstić information content (AvgIpc) is 2.87. The van der Waals surface area contributed by atoms with Crippen molar-refractivity contribution in [2.45, 2.75) is 134 Å². The monoisotopic (exact) mass is 520 g/mol. The molecule has 10 nitrogen and oxygen atoms in total. The van der Waals surface area contributed by atoms with Gasteiger partial charge in [0, 0.05) is 12.8 Å². The number of carbonyl (C=O) groups is 2. The van der Waals surface area contributed by atoms with Gasteiger partial charge in [0.15, 0.2) is 12.4 Å². The zero-order valence-electron chi connectivity index (χ0n) is 22.0. The molecule has 1 aliphatic heterocycles. The summed E-state index contributed by atoms with van der Waals surface area (Å²) in [4.78, 5) is 24.5. The van der Waals surface area contributed by atoms with E-state index in [9.17, 15) is 30.0 Å². The Kier molecular flexibility index (Phi) is 18.0. The first-order chi connectivity index (χ1) is 17.3. The van der Waals surface area contributed by atoms with Crippen LogP contribution in [0.4, 0.5) is 0 Å². The number of ether oxygens (including phenoxy) is 4. The molecule has 4 N–H and O–H groups in total. The van der Waals surface area contributed by atoms with E-state index in [2.05, 4.69) is 13.8 Å². The molecule has 6 unspecified atom stereocenters. The largest absolute Gasteiger partial charge is 0.462 e. The Morgan fingerprint density at radius 2 is 1.31 bits per heavy atom. The van der Waals surface area contributed by atoms with Crippen molar-refractivity contribution in [3.63, 3.8) is 0 Å². The predicted molar refractivity (Wildman–Crippen MR) is 132 cm³/mol. The van der Waals surface area contributed by atoms with Crippen molar-refractivity contribution in [2.24, 2.45) is 0 Å². The van der Waals surface area contributed by atoms with Crippen LogP contribution in [0.2, 0.25) is 0 Å². The van der Waals surface area contributed by atoms with Gasteiger partial charge in [-0.3, -0.25) is 9.59 Å². The molecule has 1 fully saturated rings. The second-order valence-corrected chi connectivity index (χ2v) is 9.51. The average molecular weight is 521 g/mol. The van der Waals surface area contributed by atoms with Crippen molar-refractivity contribution in [3.05, 3.63) is 0 Å². The molecule has 10 heteroatoms. The van der Waals surface area contributed by atoms with E-state index in [0.717, 1.165) is 44.9 Å². The number of esters is 2. The van der Waals surface area contributed by atoms with Crippen LogP contribution in [0.3, 0.4) is 0 Å². The lowest BCUT2D eigenvalue weighted by Gasteiger charge is -2.39. The number of rotatable bonds is 20. The SMILES string of the molecule is CCCCCCCCCC(=O)OC(COC(=O)CCCCCC)COC1OC(CO)C(O)C(O)C1O. The first-order valence-corrected chi connectivity index (χ1v) is 13.6. The van der Waals surface area contributed by atoms with Gasteiger partial charge in [0.2, 0.25) is 0 Å². The van der Waals surface area contributed by atoms with Crippen LogP contribution in [0.25, 0.3) is 0 Å². The van der Waals surface area contributed by atoms with E-state index in [4.69, 9.17) is 18.9 Å². The van der Waals surface area contributed by atoms with Gasteiger partial charge in [-0.25, -0.2) is 0 Å². The number of hydrogen-bond acceptors (Lipinski definition) is 10. The Morgan fingerprint density at radius 3 is 1.92 bits per heavy atom. The minimum absolute atomic E-state index is 0.215. The molecule has 0 spiro atoms. The molecule has 0 aromatic heterocycles. The third kappa shape index (κ3) is 13.3. The van der Waals surface area contributed by atoms with Crippen LogP contribution in [0.1, 0.15) is 97.3 Å². The van der Waals surface area contributed by atoms with E-state index >= 15 is 0 Å². The zero-order valence-corrected chi connectivity index (χ0v) is 22.0. The summed E-state index contributed by atoms with van der Waals surface area (Å²) in [6.45, 7) is 3.18. The minimum atomic E-state index is -1.58. The summed E-state index contributed by atoms with van der Waals surface area (Å²) in [6, 6.07) is 0. The highest BCUT2D eigenvalue weighted by atomic mass is 16.7. The van der Waals surface area contributed by atoms with Crippen LogP contribution >= 0.6 is 0 Å². The second-order valence-electron chi connectivity index (χ2n) is 9.51. The normalized spacial score (nSPS) is 24.9. The van der Waals surface area contributed by atoms with E-state index in [-0.39, 0.29) is 26.1 Å². The Labute approximate surface area is 215 Å². The van der Waals surface area contributed by atoms with Crippen LogP contribution in [0.15, 0.2) is 0 Å². The number of carbonyl (C=O) groups excluding carboxylic acids is 2. The lowest BCUT2D eigenvalue weighted by molar-refractivity contribution is -0.305. The lowest BCUT2D eigenvalue weighted by Crippen LogP contribution is -2.59. The highest BCUT2D eigenvalue weighted by Gasteiger charge is 2.44. The Bertz CT molecular complexity index is 585. The van der Waals surface area contributed by atoms with E-state index in [1.54, 1.807) is 0 Å². The minimum Gasteiger partial charge on any atom is -0.462 e. The van der Waals surface area contributed by atoms with Gasteiger partial charge in [-0.2, -0.15) is 0 Å². The Hall–Kier alpha value is -1.30. The Balaban J connectivity index is 2.56. The van der Waals surface area contributed by atoms with Gasteiger partial charge in [0.05, 0.1) is 13.2 Å². The highest BCUT2D eigenvalue weighted by molar-refractivity contribution is 5.70. The smallest absolute Gasteiger partial charge is 0.306 e. The summed E-state index contributed by atoms with van der Waals surface area (Å²) in [5, 5.41) is 39.3. The summed E-state index contributed by atoms with van der Waals surface area (Å²) in [7, 11) is 0. The molecule has 212 valence electrons. The first kappa shape index (κ1) is 32.7. The number of aliphatic hydroxyl groups excluding tert-OH is 4. The van der Waals surface area contributed by atoms with E-state index in [0.29, 0.717) is 6.42 Å². The summed E-state index contributed by atoms with van der Waals surface area (Å²) in [5.74, 6) is -0.836. The maximum Gasteiger partial charge on any atom is 0.306 e. The third-order valence-corrected chi connectivity index (χ3v) is 6.24. The molecule has 0 aromatic rings. The molecule has 1 heterocycles. The van der Waals surface area contributed by atoms with Crippen molar-refractivity contribution in [2.75, 3.05) is 19.8 Å². The van der Waals surface area contributed by atoms with Crippen molar-refractivity contribution in [1.29, 1.82) is 0 Å². The lowest BCUT2D eigenvalue weighted by atomic mass is 9.99. The fourth-order valence-electron chi connectivity index (χ4n) is 3.95. The van der Waals surface area contributed by atoms with Crippen LogP contribution in [-0.2, 0) is 28.5 Å². The second kappa shape index (κ2) is 19.8. The molecule has 0 radical (unpaired) electrons. The number of aliphatic hydroxyl groups is 4. The quantitative estimate of drug-likeness (QED) is 0.139. The van der Waals surface area contributed by atoms with Crippen molar-refractivity contribution >= 4 is 11.9 Å². The van der Waals surface area contributed by atoms with E-state index < -0.39 is 55.4 Å². The van der Waals surface area contributed by atoms with E-state index in [1.807, 2.05) is 0 Å². The molecule has 0 aliphatic carbocycles. The summed E-state index contributed by atoms with van der Waals surface area (Å²) in [6.07, 6.45) is 3.60. The molecule has 6 atom stereocenters. The summed E-state index contributed by atoms with van der Waals surface area (Å²) < 4.78 is 21.6. The first-order valence-electron chi connectivity index (χ1n) is 13.6. The summed E-state index contributed by atoms with van der Waals surface area (Å²) in [5.41, 5.74) is 0. The van der Waals surface area contributed by atoms with Crippen molar-refractivity contribution in [1.82, 2.24) is 0 Å². The zero-order chi connectivity index (χ0) is 26.8. The van der Waals surface area contributed by atoms with Gasteiger partial charge in [0.25, 0.3) is 0 Å². The van der Waals surface area contributed by atoms with Gasteiger partial charge in [-0.05, 0) is 12.8 Å². The molecular weight excluding hydrogens is 472 g/mol. The van der Waals surface area contributed by atoms with Crippen LogP contribution in [-0.4, -0.2) is 89.0 Å². The highest BCUT2D eigenvalue weighted by Crippen LogP contribution is 2.22. The molecule has 1 aliphatic rings. The maximum absolute atomic E-state index is 12.4. The molecule has 0 bridgehead atoms. The fraction of sp³-hybridized carbons (Fsp3) is 0.923. The molecule has 0 amide bonds. The molecular formula is C26H48O10. The van der Waals surface area contributed by atoms with Crippen LogP contribution in [0.5, 0.6) is 0 Å². The van der Waals surface area contributed by atoms with Crippen LogP contribution < -0.4 is 0 Å². The van der Waals surface area contributed by atoms with Crippen molar-refractivity contribution in [3.8, 4) is 0 Å². The van der Waals surface area contributed by atoms with Crippen molar-refractivity contribution < 1.29 is 49.0 Å².